The number of sulfone groups is 1. The van der Waals surface area contributed by atoms with E-state index in [0.717, 1.165) is 18.2 Å². The highest BCUT2D eigenvalue weighted by Gasteiger charge is 2.30. The van der Waals surface area contributed by atoms with Gasteiger partial charge in [0.25, 0.3) is 0 Å². The maximum atomic E-state index is 12.6. The summed E-state index contributed by atoms with van der Waals surface area (Å²) < 4.78 is 60.3. The standard InChI is InChI=1S/C15H16F3NO3S/c16-15(17,18)12-3-1-2-11(10-12)4-5-14(20)19-13-6-8-23(21,22)9-7-13/h1-5,10,13H,6-9H2,(H,19,20)/b5-4-. The topological polar surface area (TPSA) is 63.2 Å². The monoisotopic (exact) mass is 347 g/mol. The summed E-state index contributed by atoms with van der Waals surface area (Å²) >= 11 is 0. The highest BCUT2D eigenvalue weighted by molar-refractivity contribution is 7.91. The maximum Gasteiger partial charge on any atom is 0.416 e. The van der Waals surface area contributed by atoms with Gasteiger partial charge in [0.1, 0.15) is 9.84 Å². The lowest BCUT2D eigenvalue weighted by Gasteiger charge is -2.22. The number of benzene rings is 1. The van der Waals surface area contributed by atoms with Gasteiger partial charge >= 0.3 is 6.18 Å². The summed E-state index contributed by atoms with van der Waals surface area (Å²) in [6, 6.07) is 4.42. The average molecular weight is 347 g/mol. The van der Waals surface area contributed by atoms with Crippen molar-refractivity contribution < 1.29 is 26.4 Å². The SMILES string of the molecule is O=C(/C=C\c1cccc(C(F)(F)F)c1)NC1CCS(=O)(=O)CC1. The molecule has 126 valence electrons. The first-order valence-corrected chi connectivity index (χ1v) is 8.84. The largest absolute Gasteiger partial charge is 0.416 e. The molecule has 0 atom stereocenters. The Hall–Kier alpha value is -1.83. The molecule has 0 aliphatic carbocycles. The molecule has 0 bridgehead atoms. The van der Waals surface area contributed by atoms with E-state index in [1.165, 1.54) is 18.2 Å². The zero-order valence-corrected chi connectivity index (χ0v) is 13.0. The molecule has 1 saturated heterocycles. The van der Waals surface area contributed by atoms with Crippen LogP contribution in [0.5, 0.6) is 0 Å². The molecule has 1 aromatic carbocycles. The van der Waals surface area contributed by atoms with Gasteiger partial charge in [-0.2, -0.15) is 13.2 Å². The molecule has 0 aromatic heterocycles. The molecular weight excluding hydrogens is 331 g/mol. The summed E-state index contributed by atoms with van der Waals surface area (Å²) in [4.78, 5) is 11.8. The van der Waals surface area contributed by atoms with Gasteiger partial charge in [-0.05, 0) is 36.6 Å². The van der Waals surface area contributed by atoms with Crippen molar-refractivity contribution in [3.63, 3.8) is 0 Å². The van der Waals surface area contributed by atoms with Crippen LogP contribution in [0.2, 0.25) is 0 Å². The summed E-state index contributed by atoms with van der Waals surface area (Å²) in [5, 5.41) is 2.66. The first-order valence-electron chi connectivity index (χ1n) is 7.02. The normalized spacial score (nSPS) is 18.9. The fourth-order valence-corrected chi connectivity index (χ4v) is 3.77. The molecule has 0 spiro atoms. The minimum Gasteiger partial charge on any atom is -0.350 e. The molecule has 1 aromatic rings. The van der Waals surface area contributed by atoms with Gasteiger partial charge < -0.3 is 5.32 Å². The van der Waals surface area contributed by atoms with Crippen LogP contribution in [0.4, 0.5) is 13.2 Å². The molecule has 1 fully saturated rings. The fourth-order valence-electron chi connectivity index (χ4n) is 2.27. The van der Waals surface area contributed by atoms with Crippen molar-refractivity contribution in [3.05, 3.63) is 41.5 Å². The molecule has 0 saturated carbocycles. The van der Waals surface area contributed by atoms with Crippen LogP contribution in [0.3, 0.4) is 0 Å². The predicted octanol–water partition coefficient (Wildman–Crippen LogP) is 2.41. The maximum absolute atomic E-state index is 12.6. The molecule has 1 amide bonds. The Bertz CT molecular complexity index is 697. The van der Waals surface area contributed by atoms with Crippen LogP contribution in [0.15, 0.2) is 30.3 Å². The number of halogens is 3. The van der Waals surface area contributed by atoms with Crippen molar-refractivity contribution in [3.8, 4) is 0 Å². The van der Waals surface area contributed by atoms with Gasteiger partial charge in [-0.15, -0.1) is 0 Å². The Labute approximate surface area is 132 Å². The summed E-state index contributed by atoms with van der Waals surface area (Å²) in [6.07, 6.45) is -1.28. The Kier molecular flexibility index (Phi) is 5.13. The van der Waals surface area contributed by atoms with Crippen molar-refractivity contribution in [1.29, 1.82) is 0 Å². The zero-order chi connectivity index (χ0) is 17.1. The van der Waals surface area contributed by atoms with Gasteiger partial charge in [-0.3, -0.25) is 4.79 Å². The van der Waals surface area contributed by atoms with E-state index < -0.39 is 27.5 Å². The van der Waals surface area contributed by atoms with E-state index in [9.17, 15) is 26.4 Å². The molecule has 0 radical (unpaired) electrons. The van der Waals surface area contributed by atoms with Crippen molar-refractivity contribution in [2.24, 2.45) is 0 Å². The van der Waals surface area contributed by atoms with Crippen LogP contribution in [0.1, 0.15) is 24.0 Å². The fraction of sp³-hybridized carbons (Fsp3) is 0.400. The van der Waals surface area contributed by atoms with E-state index in [0.29, 0.717) is 12.8 Å². The van der Waals surface area contributed by atoms with Gasteiger partial charge in [-0.1, -0.05) is 12.1 Å². The third-order valence-electron chi connectivity index (χ3n) is 3.54. The third kappa shape index (κ3) is 5.38. The molecule has 8 heteroatoms. The molecule has 2 rings (SSSR count). The second-order valence-electron chi connectivity index (χ2n) is 5.39. The third-order valence-corrected chi connectivity index (χ3v) is 5.26. The number of hydrogen-bond acceptors (Lipinski definition) is 3. The van der Waals surface area contributed by atoms with Gasteiger partial charge in [0.15, 0.2) is 0 Å². The highest BCUT2D eigenvalue weighted by atomic mass is 32.2. The first kappa shape index (κ1) is 17.5. The van der Waals surface area contributed by atoms with Gasteiger partial charge in [-0.25, -0.2) is 8.42 Å². The quantitative estimate of drug-likeness (QED) is 0.854. The smallest absolute Gasteiger partial charge is 0.350 e. The number of nitrogens with one attached hydrogen (secondary N) is 1. The molecule has 0 unspecified atom stereocenters. The Morgan fingerprint density at radius 2 is 1.87 bits per heavy atom. The van der Waals surface area contributed by atoms with Crippen LogP contribution < -0.4 is 5.32 Å². The molecule has 23 heavy (non-hydrogen) atoms. The predicted molar refractivity (Wildman–Crippen MR) is 80.3 cm³/mol. The van der Waals surface area contributed by atoms with E-state index in [1.54, 1.807) is 0 Å². The number of hydrogen-bond donors (Lipinski definition) is 1. The van der Waals surface area contributed by atoms with Crippen LogP contribution in [0.25, 0.3) is 6.08 Å². The van der Waals surface area contributed by atoms with E-state index in [2.05, 4.69) is 5.32 Å². The van der Waals surface area contributed by atoms with Gasteiger partial charge in [0.2, 0.25) is 5.91 Å². The average Bonchev–Trinajstić information content (AvgIpc) is 2.47. The minimum atomic E-state index is -4.43. The number of rotatable bonds is 3. The van der Waals surface area contributed by atoms with Crippen LogP contribution >= 0.6 is 0 Å². The van der Waals surface area contributed by atoms with E-state index >= 15 is 0 Å². The molecular formula is C15H16F3NO3S. The first-order chi connectivity index (χ1) is 10.7. The molecule has 1 aliphatic heterocycles. The summed E-state index contributed by atoms with van der Waals surface area (Å²) in [5.41, 5.74) is -0.515. The second-order valence-corrected chi connectivity index (χ2v) is 7.69. The second kappa shape index (κ2) is 6.74. The lowest BCUT2D eigenvalue weighted by atomic mass is 10.1. The Morgan fingerprint density at radius 3 is 2.48 bits per heavy atom. The zero-order valence-electron chi connectivity index (χ0n) is 12.1. The Morgan fingerprint density at radius 1 is 1.22 bits per heavy atom. The van der Waals surface area contributed by atoms with Crippen molar-refractivity contribution in [2.45, 2.75) is 25.1 Å². The van der Waals surface area contributed by atoms with Crippen LogP contribution in [-0.4, -0.2) is 31.9 Å². The molecule has 1 N–H and O–H groups in total. The van der Waals surface area contributed by atoms with Crippen molar-refractivity contribution in [1.82, 2.24) is 5.32 Å². The Balaban J connectivity index is 1.94. The lowest BCUT2D eigenvalue weighted by molar-refractivity contribution is -0.137. The van der Waals surface area contributed by atoms with Gasteiger partial charge in [0.05, 0.1) is 17.1 Å². The minimum absolute atomic E-state index is 0.0370. The number of amides is 1. The lowest BCUT2D eigenvalue weighted by Crippen LogP contribution is -2.40. The molecule has 4 nitrogen and oxygen atoms in total. The van der Waals surface area contributed by atoms with Crippen molar-refractivity contribution in [2.75, 3.05) is 11.5 Å². The number of carbonyl (C=O) groups is 1. The number of carbonyl (C=O) groups excluding carboxylic acids is 1. The van der Waals surface area contributed by atoms with Crippen LogP contribution in [-0.2, 0) is 20.8 Å². The molecule has 1 aliphatic rings. The summed E-state index contributed by atoms with van der Waals surface area (Å²) in [5.74, 6) is -0.378. The number of alkyl halides is 3. The van der Waals surface area contributed by atoms with Crippen molar-refractivity contribution >= 4 is 21.8 Å². The van der Waals surface area contributed by atoms with E-state index in [1.807, 2.05) is 0 Å². The van der Waals surface area contributed by atoms with E-state index in [-0.39, 0.29) is 23.1 Å². The molecule has 1 heterocycles. The highest BCUT2D eigenvalue weighted by Crippen LogP contribution is 2.29. The van der Waals surface area contributed by atoms with Gasteiger partial charge in [0, 0.05) is 12.1 Å². The van der Waals surface area contributed by atoms with Crippen LogP contribution in [0, 0.1) is 0 Å². The van der Waals surface area contributed by atoms with E-state index in [4.69, 9.17) is 0 Å². The summed E-state index contributed by atoms with van der Waals surface area (Å²) in [7, 11) is -3.00. The summed E-state index contributed by atoms with van der Waals surface area (Å²) in [6.45, 7) is 0.